The molecule has 28 heavy (non-hydrogen) atoms. The quantitative estimate of drug-likeness (QED) is 0.497. The number of nitrogens with one attached hydrogen (secondary N) is 2. The number of H-pyrrole nitrogens is 1. The average Bonchev–Trinajstić information content (AvgIpc) is 3.37. The predicted octanol–water partition coefficient (Wildman–Crippen LogP) is 4.89. The van der Waals surface area contributed by atoms with Gasteiger partial charge in [-0.3, -0.25) is 0 Å². The van der Waals surface area contributed by atoms with Crippen LogP contribution < -0.4 is 14.8 Å². The van der Waals surface area contributed by atoms with E-state index in [1.807, 2.05) is 50.5 Å². The second-order valence-electron chi connectivity index (χ2n) is 6.43. The second kappa shape index (κ2) is 6.56. The molecule has 0 bridgehead atoms. The van der Waals surface area contributed by atoms with E-state index in [-0.39, 0.29) is 12.8 Å². The summed E-state index contributed by atoms with van der Waals surface area (Å²) in [7, 11) is 0. The highest BCUT2D eigenvalue weighted by atomic mass is 16.7. The lowest BCUT2D eigenvalue weighted by Gasteiger charge is -2.20. The third-order valence-corrected chi connectivity index (χ3v) is 5.07. The number of hydrogen-bond donors (Lipinski definition) is 2. The van der Waals surface area contributed by atoms with Crippen molar-refractivity contribution in [3.8, 4) is 22.6 Å². The minimum absolute atomic E-state index is 0.0907. The fourth-order valence-corrected chi connectivity index (χ4v) is 3.93. The molecule has 0 amide bonds. The minimum Gasteiger partial charge on any atom is -0.454 e. The lowest BCUT2D eigenvalue weighted by Crippen LogP contribution is -2.12. The Balaban J connectivity index is 0.000000829. The first-order valence-corrected chi connectivity index (χ1v) is 9.47. The van der Waals surface area contributed by atoms with Gasteiger partial charge < -0.3 is 19.8 Å². The molecule has 0 saturated carbocycles. The first-order chi connectivity index (χ1) is 13.9. The van der Waals surface area contributed by atoms with Gasteiger partial charge in [0.05, 0.1) is 12.2 Å². The fraction of sp³-hybridized carbons (Fsp3) is 0.182. The van der Waals surface area contributed by atoms with Gasteiger partial charge in [0.15, 0.2) is 17.1 Å². The summed E-state index contributed by atoms with van der Waals surface area (Å²) in [5, 5.41) is 13.2. The molecular weight excluding hydrogens is 352 g/mol. The Hall–Kier alpha value is -3.54. The Morgan fingerprint density at radius 1 is 0.964 bits per heavy atom. The third-order valence-electron chi connectivity index (χ3n) is 5.07. The van der Waals surface area contributed by atoms with Crippen LogP contribution in [-0.4, -0.2) is 22.0 Å². The zero-order chi connectivity index (χ0) is 19.1. The van der Waals surface area contributed by atoms with Gasteiger partial charge in [-0.05, 0) is 12.1 Å². The van der Waals surface area contributed by atoms with Crippen LogP contribution in [-0.2, 0) is 0 Å². The van der Waals surface area contributed by atoms with Crippen LogP contribution >= 0.6 is 0 Å². The van der Waals surface area contributed by atoms with E-state index in [1.165, 1.54) is 0 Å². The summed E-state index contributed by atoms with van der Waals surface area (Å²) < 4.78 is 11.3. The van der Waals surface area contributed by atoms with Crippen molar-refractivity contribution in [2.75, 3.05) is 12.1 Å². The topological polar surface area (TPSA) is 72.1 Å². The number of ether oxygens (including phenoxy) is 2. The van der Waals surface area contributed by atoms with E-state index in [9.17, 15) is 0 Å². The van der Waals surface area contributed by atoms with Crippen molar-refractivity contribution in [2.24, 2.45) is 0 Å². The van der Waals surface area contributed by atoms with E-state index in [0.29, 0.717) is 0 Å². The maximum absolute atomic E-state index is 5.77. The normalized spacial score (nSPS) is 15.9. The van der Waals surface area contributed by atoms with Crippen LogP contribution in [0.4, 0.5) is 5.69 Å². The summed E-state index contributed by atoms with van der Waals surface area (Å²) in [5.41, 5.74) is 6.18. The van der Waals surface area contributed by atoms with Crippen LogP contribution in [0.1, 0.15) is 31.0 Å². The number of fused-ring (bicyclic) bond motifs is 3. The molecule has 2 aromatic heterocycles. The van der Waals surface area contributed by atoms with Crippen LogP contribution in [0.3, 0.4) is 0 Å². The van der Waals surface area contributed by atoms with E-state index < -0.39 is 0 Å². The molecule has 0 radical (unpaired) electrons. The Morgan fingerprint density at radius 3 is 2.79 bits per heavy atom. The zero-order valence-corrected chi connectivity index (χ0v) is 15.7. The van der Waals surface area contributed by atoms with Gasteiger partial charge in [0.2, 0.25) is 6.79 Å². The number of aromatic nitrogens is 3. The Kier molecular flexibility index (Phi) is 3.90. The van der Waals surface area contributed by atoms with Gasteiger partial charge in [-0.25, -0.2) is 0 Å². The summed E-state index contributed by atoms with van der Waals surface area (Å²) >= 11 is 0. The molecule has 1 atom stereocenters. The smallest absolute Gasteiger partial charge is 0.231 e. The number of para-hydroxylation sites is 2. The van der Waals surface area contributed by atoms with Crippen molar-refractivity contribution in [1.29, 1.82) is 0 Å². The van der Waals surface area contributed by atoms with Gasteiger partial charge in [0.25, 0.3) is 0 Å². The molecule has 4 aromatic rings. The van der Waals surface area contributed by atoms with Gasteiger partial charge in [-0.1, -0.05) is 44.2 Å². The Labute approximate surface area is 162 Å². The van der Waals surface area contributed by atoms with Crippen LogP contribution in [0, 0.1) is 0 Å². The van der Waals surface area contributed by atoms with Gasteiger partial charge in [0.1, 0.15) is 0 Å². The monoisotopic (exact) mass is 372 g/mol. The van der Waals surface area contributed by atoms with Crippen LogP contribution in [0.2, 0.25) is 0 Å². The van der Waals surface area contributed by atoms with Gasteiger partial charge in [-0.15, -0.1) is 5.10 Å². The minimum atomic E-state index is -0.0907. The summed E-state index contributed by atoms with van der Waals surface area (Å²) in [6.45, 7) is 4.25. The van der Waals surface area contributed by atoms with E-state index in [0.717, 1.165) is 50.5 Å². The van der Waals surface area contributed by atoms with Gasteiger partial charge in [0, 0.05) is 39.5 Å². The number of benzene rings is 2. The lowest BCUT2D eigenvalue weighted by molar-refractivity contribution is 0.173. The molecule has 0 aliphatic carbocycles. The van der Waals surface area contributed by atoms with Crippen molar-refractivity contribution in [3.63, 3.8) is 0 Å². The molecular formula is C22H20N4O2. The van der Waals surface area contributed by atoms with Crippen molar-refractivity contribution in [3.05, 3.63) is 66.0 Å². The molecule has 6 rings (SSSR count). The second-order valence-corrected chi connectivity index (χ2v) is 6.43. The number of hydrogen-bond acceptors (Lipinski definition) is 5. The highest BCUT2D eigenvalue weighted by Gasteiger charge is 2.30. The van der Waals surface area contributed by atoms with E-state index >= 15 is 0 Å². The molecule has 0 saturated heterocycles. The fourth-order valence-electron chi connectivity index (χ4n) is 3.93. The number of anilines is 1. The molecule has 2 N–H and O–H groups in total. The maximum atomic E-state index is 5.77. The SMILES string of the molecule is CC.c1ccc2c(c1)NC(c1cccc3c1OCO3)c1c[nH]c3nncc-2c13. The number of rotatable bonds is 1. The van der Waals surface area contributed by atoms with E-state index in [2.05, 4.69) is 38.7 Å². The Morgan fingerprint density at radius 2 is 1.86 bits per heavy atom. The first kappa shape index (κ1) is 16.6. The largest absolute Gasteiger partial charge is 0.454 e. The lowest BCUT2D eigenvalue weighted by atomic mass is 9.96. The summed E-state index contributed by atoms with van der Waals surface area (Å²) in [6.07, 6.45) is 3.83. The highest BCUT2D eigenvalue weighted by molar-refractivity contribution is 6.00. The molecule has 2 aliphatic rings. The number of aromatic amines is 1. The predicted molar refractivity (Wildman–Crippen MR) is 109 cm³/mol. The summed E-state index contributed by atoms with van der Waals surface area (Å²) in [5.74, 6) is 1.57. The molecule has 1 unspecified atom stereocenters. The standard InChI is InChI=1S/C20H14N4O2.C2H6/c1-2-6-15-11(4-1)13-9-22-24-20-17(13)14(8-21-20)18(23-15)12-5-3-7-16-19(12)26-10-25-16;1-2/h1-9,18,23H,10H2,(H,21,24);1-2H3. The van der Waals surface area contributed by atoms with Gasteiger partial charge in [-0.2, -0.15) is 5.10 Å². The van der Waals surface area contributed by atoms with Crippen LogP contribution in [0.5, 0.6) is 11.5 Å². The first-order valence-electron chi connectivity index (χ1n) is 9.47. The molecule has 2 aromatic carbocycles. The molecule has 0 fully saturated rings. The van der Waals surface area contributed by atoms with Crippen molar-refractivity contribution in [1.82, 2.24) is 15.2 Å². The molecule has 0 spiro atoms. The molecule has 6 nitrogen and oxygen atoms in total. The van der Waals surface area contributed by atoms with Crippen molar-refractivity contribution in [2.45, 2.75) is 19.9 Å². The maximum Gasteiger partial charge on any atom is 0.231 e. The molecule has 6 heteroatoms. The zero-order valence-electron chi connectivity index (χ0n) is 15.7. The Bertz CT molecular complexity index is 1170. The van der Waals surface area contributed by atoms with E-state index in [4.69, 9.17) is 9.47 Å². The van der Waals surface area contributed by atoms with Crippen molar-refractivity contribution >= 4 is 16.7 Å². The van der Waals surface area contributed by atoms with Crippen LogP contribution in [0.15, 0.2) is 54.9 Å². The number of nitrogens with zero attached hydrogens (tertiary/aromatic N) is 2. The summed E-state index contributed by atoms with van der Waals surface area (Å²) in [6, 6.07) is 14.2. The highest BCUT2D eigenvalue weighted by Crippen LogP contribution is 2.47. The molecule has 2 aliphatic heterocycles. The van der Waals surface area contributed by atoms with Crippen LogP contribution in [0.25, 0.3) is 22.2 Å². The molecule has 4 heterocycles. The average molecular weight is 372 g/mol. The third kappa shape index (κ3) is 2.34. The molecule has 140 valence electrons. The van der Waals surface area contributed by atoms with E-state index in [1.54, 1.807) is 0 Å². The van der Waals surface area contributed by atoms with Gasteiger partial charge >= 0.3 is 0 Å². The van der Waals surface area contributed by atoms with Crippen molar-refractivity contribution < 1.29 is 9.47 Å². The summed E-state index contributed by atoms with van der Waals surface area (Å²) in [4.78, 5) is 3.26.